The van der Waals surface area contributed by atoms with E-state index in [-0.39, 0.29) is 0 Å². The molecular formula is C8H11ClN+. The first-order valence-corrected chi connectivity index (χ1v) is 3.86. The van der Waals surface area contributed by atoms with Gasteiger partial charge in [-0.3, -0.25) is 0 Å². The number of aromatic nitrogens is 1. The molecule has 0 saturated carbocycles. The number of pyridine rings is 1. The first kappa shape index (κ1) is 7.55. The summed E-state index contributed by atoms with van der Waals surface area (Å²) in [4.78, 5) is 0. The van der Waals surface area contributed by atoms with Crippen LogP contribution in [0.2, 0.25) is 5.15 Å². The Kier molecular flexibility index (Phi) is 2.69. The molecule has 1 aromatic heterocycles. The van der Waals surface area contributed by atoms with Crippen molar-refractivity contribution in [1.82, 2.24) is 0 Å². The van der Waals surface area contributed by atoms with Gasteiger partial charge in [0.05, 0.1) is 0 Å². The molecular weight excluding hydrogens is 146 g/mol. The molecule has 54 valence electrons. The second kappa shape index (κ2) is 3.57. The lowest BCUT2D eigenvalue weighted by atomic mass is 10.4. The molecule has 0 aliphatic heterocycles. The zero-order valence-electron chi connectivity index (χ0n) is 6.05. The standard InChI is InChI=1S/C8H11ClN/c1-2-6-10-7-4-3-5-8(10)9/h3-5,7H,2,6H2,1H3/q+1. The van der Waals surface area contributed by atoms with Gasteiger partial charge in [-0.1, -0.05) is 6.92 Å². The third-order valence-corrected chi connectivity index (χ3v) is 1.69. The van der Waals surface area contributed by atoms with Crippen LogP contribution in [0, 0.1) is 0 Å². The molecule has 1 rings (SSSR count). The van der Waals surface area contributed by atoms with Gasteiger partial charge in [-0.15, -0.1) is 0 Å². The van der Waals surface area contributed by atoms with Crippen LogP contribution in [0.25, 0.3) is 0 Å². The Bertz CT molecular complexity index is 210. The fraction of sp³-hybridized carbons (Fsp3) is 0.375. The van der Waals surface area contributed by atoms with Crippen LogP contribution < -0.4 is 4.57 Å². The zero-order valence-corrected chi connectivity index (χ0v) is 6.80. The summed E-state index contributed by atoms with van der Waals surface area (Å²) in [5.41, 5.74) is 0. The Morgan fingerprint density at radius 1 is 1.50 bits per heavy atom. The summed E-state index contributed by atoms with van der Waals surface area (Å²) in [7, 11) is 0. The van der Waals surface area contributed by atoms with Crippen molar-refractivity contribution in [2.45, 2.75) is 19.9 Å². The second-order valence-corrected chi connectivity index (χ2v) is 2.60. The summed E-state index contributed by atoms with van der Waals surface area (Å²) in [6.07, 6.45) is 3.11. The molecule has 0 radical (unpaired) electrons. The molecule has 0 aromatic carbocycles. The van der Waals surface area contributed by atoms with Crippen LogP contribution in [-0.4, -0.2) is 0 Å². The van der Waals surface area contributed by atoms with Crippen LogP contribution >= 0.6 is 11.6 Å². The topological polar surface area (TPSA) is 3.88 Å². The van der Waals surface area contributed by atoms with Crippen LogP contribution in [0.5, 0.6) is 0 Å². The minimum atomic E-state index is 0.810. The molecule has 1 heterocycles. The van der Waals surface area contributed by atoms with Gasteiger partial charge in [0.15, 0.2) is 6.20 Å². The Balaban J connectivity index is 2.81. The zero-order chi connectivity index (χ0) is 7.40. The van der Waals surface area contributed by atoms with Gasteiger partial charge in [-0.2, -0.15) is 4.57 Å². The molecule has 0 amide bonds. The highest BCUT2D eigenvalue weighted by Gasteiger charge is 2.02. The van der Waals surface area contributed by atoms with Gasteiger partial charge in [0, 0.05) is 18.6 Å². The molecule has 0 spiro atoms. The predicted octanol–water partition coefficient (Wildman–Crippen LogP) is 2.04. The van der Waals surface area contributed by atoms with Gasteiger partial charge in [-0.25, -0.2) is 0 Å². The molecule has 0 aliphatic carbocycles. The van der Waals surface area contributed by atoms with E-state index in [2.05, 4.69) is 6.92 Å². The van der Waals surface area contributed by atoms with Gasteiger partial charge in [0.1, 0.15) is 6.54 Å². The summed E-state index contributed by atoms with van der Waals surface area (Å²) in [6, 6.07) is 5.83. The van der Waals surface area contributed by atoms with E-state index in [1.54, 1.807) is 0 Å². The summed E-state index contributed by atoms with van der Waals surface area (Å²) in [5, 5.41) is 0.810. The van der Waals surface area contributed by atoms with Crippen LogP contribution in [0.1, 0.15) is 13.3 Å². The lowest BCUT2D eigenvalue weighted by Gasteiger charge is -1.93. The molecule has 0 atom stereocenters. The van der Waals surface area contributed by atoms with E-state index >= 15 is 0 Å². The van der Waals surface area contributed by atoms with Crippen molar-refractivity contribution in [2.24, 2.45) is 0 Å². The maximum atomic E-state index is 5.87. The number of halogens is 1. The number of hydrogen-bond acceptors (Lipinski definition) is 0. The largest absolute Gasteiger partial charge is 0.274 e. The number of rotatable bonds is 2. The van der Waals surface area contributed by atoms with Crippen LogP contribution in [-0.2, 0) is 6.54 Å². The van der Waals surface area contributed by atoms with Crippen molar-refractivity contribution in [3.63, 3.8) is 0 Å². The average Bonchev–Trinajstić information content (AvgIpc) is 1.94. The average molecular weight is 157 g/mol. The summed E-state index contributed by atoms with van der Waals surface area (Å²) in [5.74, 6) is 0. The minimum absolute atomic E-state index is 0.810. The molecule has 0 unspecified atom stereocenters. The van der Waals surface area contributed by atoms with E-state index in [1.807, 2.05) is 29.0 Å². The Morgan fingerprint density at radius 2 is 2.30 bits per heavy atom. The fourth-order valence-corrected chi connectivity index (χ4v) is 1.09. The van der Waals surface area contributed by atoms with Crippen molar-refractivity contribution in [3.05, 3.63) is 29.5 Å². The number of nitrogens with zero attached hydrogens (tertiary/aromatic N) is 1. The Hall–Kier alpha value is -0.560. The van der Waals surface area contributed by atoms with Gasteiger partial charge in [0.2, 0.25) is 0 Å². The first-order valence-electron chi connectivity index (χ1n) is 3.48. The summed E-state index contributed by atoms with van der Waals surface area (Å²) in [6.45, 7) is 3.13. The maximum Gasteiger partial charge on any atom is 0.274 e. The molecule has 0 bridgehead atoms. The second-order valence-electron chi connectivity index (χ2n) is 2.22. The highest BCUT2D eigenvalue weighted by atomic mass is 35.5. The van der Waals surface area contributed by atoms with E-state index in [0.717, 1.165) is 18.1 Å². The molecule has 0 saturated heterocycles. The Morgan fingerprint density at radius 3 is 2.90 bits per heavy atom. The summed E-state index contributed by atoms with van der Waals surface area (Å²) >= 11 is 5.87. The molecule has 1 nitrogen and oxygen atoms in total. The van der Waals surface area contributed by atoms with E-state index in [1.165, 1.54) is 0 Å². The van der Waals surface area contributed by atoms with Crippen molar-refractivity contribution in [2.75, 3.05) is 0 Å². The molecule has 0 aliphatic rings. The lowest BCUT2D eigenvalue weighted by Crippen LogP contribution is -2.33. The van der Waals surface area contributed by atoms with Crippen LogP contribution in [0.3, 0.4) is 0 Å². The highest BCUT2D eigenvalue weighted by Crippen LogP contribution is 1.98. The maximum absolute atomic E-state index is 5.87. The lowest BCUT2D eigenvalue weighted by molar-refractivity contribution is -0.694. The van der Waals surface area contributed by atoms with Gasteiger partial charge in [-0.05, 0) is 17.7 Å². The van der Waals surface area contributed by atoms with Crippen molar-refractivity contribution in [1.29, 1.82) is 0 Å². The molecule has 10 heavy (non-hydrogen) atoms. The van der Waals surface area contributed by atoms with Crippen molar-refractivity contribution >= 4 is 11.6 Å². The van der Waals surface area contributed by atoms with Gasteiger partial charge < -0.3 is 0 Å². The third kappa shape index (κ3) is 1.71. The monoisotopic (exact) mass is 156 g/mol. The SMILES string of the molecule is CCC[n+]1ccccc1Cl. The van der Waals surface area contributed by atoms with Gasteiger partial charge >= 0.3 is 0 Å². The van der Waals surface area contributed by atoms with Crippen LogP contribution in [0.4, 0.5) is 0 Å². The highest BCUT2D eigenvalue weighted by molar-refractivity contribution is 6.28. The van der Waals surface area contributed by atoms with Crippen LogP contribution in [0.15, 0.2) is 24.4 Å². The Labute approximate surface area is 66.3 Å². The third-order valence-electron chi connectivity index (χ3n) is 1.35. The van der Waals surface area contributed by atoms with E-state index in [9.17, 15) is 0 Å². The quantitative estimate of drug-likeness (QED) is 0.456. The first-order chi connectivity index (χ1) is 4.84. The summed E-state index contributed by atoms with van der Waals surface area (Å²) < 4.78 is 2.03. The van der Waals surface area contributed by atoms with Gasteiger partial charge in [0.25, 0.3) is 5.15 Å². The number of aryl methyl sites for hydroxylation is 1. The van der Waals surface area contributed by atoms with E-state index < -0.39 is 0 Å². The predicted molar refractivity (Wildman–Crippen MR) is 41.9 cm³/mol. The fourth-order valence-electron chi connectivity index (χ4n) is 0.878. The van der Waals surface area contributed by atoms with E-state index in [0.29, 0.717) is 0 Å². The minimum Gasteiger partial charge on any atom is -0.189 e. The molecule has 0 fully saturated rings. The molecule has 2 heteroatoms. The van der Waals surface area contributed by atoms with Crippen molar-refractivity contribution in [3.8, 4) is 0 Å². The number of hydrogen-bond donors (Lipinski definition) is 0. The molecule has 0 N–H and O–H groups in total. The smallest absolute Gasteiger partial charge is 0.189 e. The van der Waals surface area contributed by atoms with Crippen molar-refractivity contribution < 1.29 is 4.57 Å². The van der Waals surface area contributed by atoms with E-state index in [4.69, 9.17) is 11.6 Å². The normalized spacial score (nSPS) is 9.80. The molecule has 1 aromatic rings.